The third-order valence-electron chi connectivity index (χ3n) is 5.59. The first-order valence-electron chi connectivity index (χ1n) is 10.4. The average Bonchev–Trinajstić information content (AvgIpc) is 3.33. The number of anilines is 1. The maximum atomic E-state index is 12.7. The van der Waals surface area contributed by atoms with Crippen LogP contribution in [0.15, 0.2) is 47.0 Å². The highest BCUT2D eigenvalue weighted by Crippen LogP contribution is 2.27. The summed E-state index contributed by atoms with van der Waals surface area (Å²) in [6, 6.07) is 13.3. The van der Waals surface area contributed by atoms with Gasteiger partial charge in [0.05, 0.1) is 14.2 Å². The Balaban J connectivity index is 1.31. The lowest BCUT2D eigenvalue weighted by Crippen LogP contribution is -2.40. The van der Waals surface area contributed by atoms with E-state index in [-0.39, 0.29) is 11.8 Å². The number of hydrogen-bond acceptors (Lipinski definition) is 7. The molecule has 4 rings (SSSR count). The Morgan fingerprint density at radius 3 is 2.59 bits per heavy atom. The van der Waals surface area contributed by atoms with E-state index in [2.05, 4.69) is 15.5 Å². The summed E-state index contributed by atoms with van der Waals surface area (Å²) < 4.78 is 16.1. The first-order valence-corrected chi connectivity index (χ1v) is 10.8. The molecule has 0 saturated carbocycles. The molecule has 1 aliphatic rings. The molecule has 1 aliphatic heterocycles. The fraction of sp³-hybridized carbons (Fsp3) is 0.348. The molecule has 2 heterocycles. The summed E-state index contributed by atoms with van der Waals surface area (Å²) >= 11 is 5.93. The van der Waals surface area contributed by atoms with Gasteiger partial charge < -0.3 is 24.2 Å². The number of methoxy groups -OCH3 is 2. The zero-order chi connectivity index (χ0) is 22.5. The zero-order valence-electron chi connectivity index (χ0n) is 18.0. The Morgan fingerprint density at radius 1 is 1.16 bits per heavy atom. The van der Waals surface area contributed by atoms with Crippen molar-refractivity contribution in [2.75, 3.05) is 32.2 Å². The Morgan fingerprint density at radius 2 is 1.91 bits per heavy atom. The van der Waals surface area contributed by atoms with Crippen LogP contribution in [0, 0.1) is 5.92 Å². The minimum atomic E-state index is -0.0680. The minimum Gasteiger partial charge on any atom is -0.497 e. The molecule has 1 amide bonds. The third-order valence-corrected chi connectivity index (χ3v) is 5.85. The topological polar surface area (TPSA) is 89.7 Å². The number of carbonyl (C=O) groups is 1. The number of carbonyl (C=O) groups excluding carboxylic acids is 1. The smallest absolute Gasteiger partial charge is 0.324 e. The maximum absolute atomic E-state index is 12.7. The standard InChI is InChI=1S/C23H25ClN4O4/c1-30-19-7-8-20(31-2)17(13-19)14-25-22(29)16-9-11-28(12-10-16)23-26-21(27-32-23)15-3-5-18(24)6-4-15/h3-8,13,16H,9-12,14H2,1-2H3,(H,25,29). The fourth-order valence-electron chi connectivity index (χ4n) is 3.74. The quantitative estimate of drug-likeness (QED) is 0.575. The van der Waals surface area contributed by atoms with Crippen molar-refractivity contribution in [2.45, 2.75) is 19.4 Å². The Bertz CT molecular complexity index is 1060. The van der Waals surface area contributed by atoms with Crippen LogP contribution in [0.5, 0.6) is 11.5 Å². The number of piperidine rings is 1. The lowest BCUT2D eigenvalue weighted by molar-refractivity contribution is -0.125. The van der Waals surface area contributed by atoms with Crippen LogP contribution in [0.4, 0.5) is 6.01 Å². The molecule has 0 atom stereocenters. The van der Waals surface area contributed by atoms with Gasteiger partial charge in [0, 0.05) is 41.7 Å². The highest BCUT2D eigenvalue weighted by Gasteiger charge is 2.27. The summed E-state index contributed by atoms with van der Waals surface area (Å²) in [5.41, 5.74) is 1.71. The number of halogens is 1. The lowest BCUT2D eigenvalue weighted by atomic mass is 9.96. The molecule has 3 aromatic rings. The van der Waals surface area contributed by atoms with E-state index in [1.165, 1.54) is 0 Å². The van der Waals surface area contributed by atoms with Gasteiger partial charge in [0.2, 0.25) is 11.7 Å². The van der Waals surface area contributed by atoms with Crippen molar-refractivity contribution in [3.05, 3.63) is 53.1 Å². The number of nitrogens with zero attached hydrogens (tertiary/aromatic N) is 3. The fourth-order valence-corrected chi connectivity index (χ4v) is 3.87. The Hall–Kier alpha value is -3.26. The molecule has 0 unspecified atom stereocenters. The van der Waals surface area contributed by atoms with E-state index in [0.29, 0.717) is 55.1 Å². The van der Waals surface area contributed by atoms with Crippen molar-refractivity contribution in [3.8, 4) is 22.9 Å². The first-order chi connectivity index (χ1) is 15.6. The number of rotatable bonds is 7. The molecule has 9 heteroatoms. The number of aromatic nitrogens is 2. The molecule has 8 nitrogen and oxygen atoms in total. The second kappa shape index (κ2) is 9.91. The lowest BCUT2D eigenvalue weighted by Gasteiger charge is -2.29. The van der Waals surface area contributed by atoms with Crippen molar-refractivity contribution < 1.29 is 18.8 Å². The zero-order valence-corrected chi connectivity index (χ0v) is 18.8. The van der Waals surface area contributed by atoms with E-state index >= 15 is 0 Å². The van der Waals surface area contributed by atoms with E-state index < -0.39 is 0 Å². The van der Waals surface area contributed by atoms with Crippen LogP contribution in [-0.2, 0) is 11.3 Å². The average molecular weight is 457 g/mol. The van der Waals surface area contributed by atoms with Crippen LogP contribution < -0.4 is 19.7 Å². The largest absolute Gasteiger partial charge is 0.497 e. The number of hydrogen-bond donors (Lipinski definition) is 1. The van der Waals surface area contributed by atoms with E-state index in [1.807, 2.05) is 35.2 Å². The Labute approximate surface area is 191 Å². The highest BCUT2D eigenvalue weighted by molar-refractivity contribution is 6.30. The van der Waals surface area contributed by atoms with Crippen LogP contribution in [0.1, 0.15) is 18.4 Å². The molecule has 1 N–H and O–H groups in total. The van der Waals surface area contributed by atoms with Gasteiger partial charge in [0.25, 0.3) is 0 Å². The van der Waals surface area contributed by atoms with Gasteiger partial charge in [-0.1, -0.05) is 16.8 Å². The van der Waals surface area contributed by atoms with E-state index in [4.69, 9.17) is 25.6 Å². The van der Waals surface area contributed by atoms with Gasteiger partial charge in [-0.05, 0) is 55.3 Å². The predicted octanol–water partition coefficient (Wildman–Crippen LogP) is 3.94. The molecule has 168 valence electrons. The number of nitrogens with one attached hydrogen (secondary N) is 1. The monoisotopic (exact) mass is 456 g/mol. The maximum Gasteiger partial charge on any atom is 0.324 e. The van der Waals surface area contributed by atoms with E-state index in [9.17, 15) is 4.79 Å². The van der Waals surface area contributed by atoms with Gasteiger partial charge in [0.1, 0.15) is 11.5 Å². The van der Waals surface area contributed by atoms with Gasteiger partial charge in [-0.2, -0.15) is 4.98 Å². The van der Waals surface area contributed by atoms with Crippen LogP contribution in [-0.4, -0.2) is 43.4 Å². The summed E-state index contributed by atoms with van der Waals surface area (Å²) in [6.45, 7) is 1.72. The molecule has 0 spiro atoms. The van der Waals surface area contributed by atoms with Crippen molar-refractivity contribution in [2.24, 2.45) is 5.92 Å². The van der Waals surface area contributed by atoms with Gasteiger partial charge in [-0.3, -0.25) is 4.79 Å². The molecule has 0 aliphatic carbocycles. The SMILES string of the molecule is COc1ccc(OC)c(CNC(=O)C2CCN(c3nc(-c4ccc(Cl)cc4)no3)CC2)c1. The van der Waals surface area contributed by atoms with Crippen LogP contribution in [0.2, 0.25) is 5.02 Å². The summed E-state index contributed by atoms with van der Waals surface area (Å²) in [7, 11) is 3.22. The molecule has 0 radical (unpaired) electrons. The number of ether oxygens (including phenoxy) is 2. The predicted molar refractivity (Wildman–Crippen MR) is 121 cm³/mol. The summed E-state index contributed by atoms with van der Waals surface area (Å²) in [5.74, 6) is 1.92. The van der Waals surface area contributed by atoms with Gasteiger partial charge in [0.15, 0.2) is 0 Å². The summed E-state index contributed by atoms with van der Waals surface area (Å²) in [6.07, 6.45) is 1.42. The minimum absolute atomic E-state index is 0.0295. The van der Waals surface area contributed by atoms with Crippen molar-refractivity contribution in [1.29, 1.82) is 0 Å². The van der Waals surface area contributed by atoms with Crippen LogP contribution in [0.3, 0.4) is 0 Å². The molecular formula is C23H25ClN4O4. The van der Waals surface area contributed by atoms with Crippen LogP contribution in [0.25, 0.3) is 11.4 Å². The highest BCUT2D eigenvalue weighted by atomic mass is 35.5. The molecule has 32 heavy (non-hydrogen) atoms. The molecule has 2 aromatic carbocycles. The van der Waals surface area contributed by atoms with Crippen LogP contribution >= 0.6 is 11.6 Å². The molecule has 0 bridgehead atoms. The van der Waals surface area contributed by atoms with Gasteiger partial charge >= 0.3 is 6.01 Å². The molecule has 1 fully saturated rings. The molecular weight excluding hydrogens is 432 g/mol. The van der Waals surface area contributed by atoms with E-state index in [0.717, 1.165) is 16.9 Å². The van der Waals surface area contributed by atoms with Crippen molar-refractivity contribution in [1.82, 2.24) is 15.5 Å². The normalized spacial score (nSPS) is 14.3. The first kappa shape index (κ1) is 22.0. The van der Waals surface area contributed by atoms with Gasteiger partial charge in [-0.25, -0.2) is 0 Å². The van der Waals surface area contributed by atoms with E-state index in [1.54, 1.807) is 26.4 Å². The number of benzene rings is 2. The summed E-state index contributed by atoms with van der Waals surface area (Å²) in [5, 5.41) is 7.75. The number of amides is 1. The molecule has 1 aromatic heterocycles. The summed E-state index contributed by atoms with van der Waals surface area (Å²) in [4.78, 5) is 19.2. The Kier molecular flexibility index (Phi) is 6.80. The van der Waals surface area contributed by atoms with Crippen molar-refractivity contribution >= 4 is 23.5 Å². The van der Waals surface area contributed by atoms with Gasteiger partial charge in [-0.15, -0.1) is 0 Å². The van der Waals surface area contributed by atoms with Crippen molar-refractivity contribution in [3.63, 3.8) is 0 Å². The third kappa shape index (κ3) is 4.96. The molecule has 1 saturated heterocycles. The second-order valence-electron chi connectivity index (χ2n) is 7.56. The second-order valence-corrected chi connectivity index (χ2v) is 8.00.